The van der Waals surface area contributed by atoms with Crippen molar-refractivity contribution < 1.29 is 5.11 Å². The summed E-state index contributed by atoms with van der Waals surface area (Å²) in [5, 5.41) is 18.6. The molecule has 0 amide bonds. The van der Waals surface area contributed by atoms with Crippen LogP contribution in [0.5, 0.6) is 0 Å². The lowest BCUT2D eigenvalue weighted by Gasteiger charge is -2.21. The number of nitrogens with zero attached hydrogens (tertiary/aromatic N) is 5. The lowest BCUT2D eigenvalue weighted by atomic mass is 10.1. The minimum atomic E-state index is 0.0348. The van der Waals surface area contributed by atoms with Crippen molar-refractivity contribution in [1.29, 1.82) is 0 Å². The van der Waals surface area contributed by atoms with Gasteiger partial charge in [0.1, 0.15) is 0 Å². The van der Waals surface area contributed by atoms with E-state index in [4.69, 9.17) is 0 Å². The van der Waals surface area contributed by atoms with Gasteiger partial charge in [-0.15, -0.1) is 10.2 Å². The smallest absolute Gasteiger partial charge is 0.164 e. The van der Waals surface area contributed by atoms with E-state index < -0.39 is 0 Å². The summed E-state index contributed by atoms with van der Waals surface area (Å²) in [5.74, 6) is 1.55. The highest BCUT2D eigenvalue weighted by atomic mass is 16.3. The highest BCUT2D eigenvalue weighted by molar-refractivity contribution is 5.66. The lowest BCUT2D eigenvalue weighted by molar-refractivity contribution is 0.277. The average Bonchev–Trinajstić information content (AvgIpc) is 3.20. The Kier molecular flexibility index (Phi) is 7.46. The van der Waals surface area contributed by atoms with Crippen molar-refractivity contribution >= 4 is 11.4 Å². The van der Waals surface area contributed by atoms with Crippen molar-refractivity contribution in [3.05, 3.63) is 48.5 Å². The third kappa shape index (κ3) is 4.49. The number of hydrogen-bond acceptors (Lipinski definition) is 5. The first kappa shape index (κ1) is 21.8. The van der Waals surface area contributed by atoms with Gasteiger partial charge in [0.15, 0.2) is 11.6 Å². The molecule has 6 nitrogen and oxygen atoms in total. The molecule has 0 aliphatic carbocycles. The summed E-state index contributed by atoms with van der Waals surface area (Å²) in [6.45, 7) is 13.0. The second-order valence-corrected chi connectivity index (χ2v) is 7.16. The van der Waals surface area contributed by atoms with Crippen molar-refractivity contribution in [1.82, 2.24) is 14.8 Å². The summed E-state index contributed by atoms with van der Waals surface area (Å²) in [6, 6.07) is 16.8. The van der Waals surface area contributed by atoms with E-state index in [1.54, 1.807) is 0 Å². The summed E-state index contributed by atoms with van der Waals surface area (Å²) in [6.07, 6.45) is 0. The molecule has 160 valence electrons. The van der Waals surface area contributed by atoms with Gasteiger partial charge >= 0.3 is 0 Å². The molecule has 0 radical (unpaired) electrons. The maximum atomic E-state index is 9.65. The summed E-state index contributed by atoms with van der Waals surface area (Å²) >= 11 is 0. The number of aliphatic hydroxyl groups is 1. The Morgan fingerprint density at radius 1 is 0.667 bits per heavy atom. The molecule has 0 atom stereocenters. The molecule has 30 heavy (non-hydrogen) atoms. The highest BCUT2D eigenvalue weighted by Gasteiger charge is 2.16. The second-order valence-electron chi connectivity index (χ2n) is 7.16. The fourth-order valence-electron chi connectivity index (χ4n) is 3.86. The zero-order valence-electron chi connectivity index (χ0n) is 18.5. The SMILES string of the molecule is CCN(CC)c1ccc(-c2nnc(-c3ccc(N(CC)CC)cc3)n2CCO)cc1. The molecule has 3 rings (SSSR count). The Hall–Kier alpha value is -2.86. The van der Waals surface area contributed by atoms with Crippen LogP contribution < -0.4 is 9.80 Å². The number of aliphatic hydroxyl groups excluding tert-OH is 1. The summed E-state index contributed by atoms with van der Waals surface area (Å²) < 4.78 is 2.00. The van der Waals surface area contributed by atoms with Crippen LogP contribution in [0.3, 0.4) is 0 Å². The van der Waals surface area contributed by atoms with Gasteiger partial charge in [-0.3, -0.25) is 0 Å². The van der Waals surface area contributed by atoms with Crippen LogP contribution in [0.15, 0.2) is 48.5 Å². The molecule has 2 aromatic carbocycles. The monoisotopic (exact) mass is 407 g/mol. The van der Waals surface area contributed by atoms with Crippen molar-refractivity contribution in [2.24, 2.45) is 0 Å². The summed E-state index contributed by atoms with van der Waals surface area (Å²) in [4.78, 5) is 4.62. The van der Waals surface area contributed by atoms with Crippen molar-refractivity contribution in [3.8, 4) is 22.8 Å². The van der Waals surface area contributed by atoms with E-state index in [-0.39, 0.29) is 6.61 Å². The maximum Gasteiger partial charge on any atom is 0.164 e. The standard InChI is InChI=1S/C24H33N5O/c1-5-27(6-2)21-13-9-19(10-14-21)23-25-26-24(29(23)17-18-30)20-11-15-22(16-12-20)28(7-3)8-4/h9-16,30H,5-8,17-18H2,1-4H3. The largest absolute Gasteiger partial charge is 0.395 e. The van der Waals surface area contributed by atoms with Gasteiger partial charge in [-0.05, 0) is 76.2 Å². The Balaban J connectivity index is 1.94. The van der Waals surface area contributed by atoms with Gasteiger partial charge in [-0.2, -0.15) is 0 Å². The minimum absolute atomic E-state index is 0.0348. The molecule has 0 aliphatic heterocycles. The van der Waals surface area contributed by atoms with Crippen LogP contribution in [0, 0.1) is 0 Å². The molecule has 0 fully saturated rings. The predicted octanol–water partition coefficient (Wildman–Crippen LogP) is 4.30. The molecule has 0 spiro atoms. The molecule has 3 aromatic rings. The van der Waals surface area contributed by atoms with Gasteiger partial charge in [-0.25, -0.2) is 0 Å². The van der Waals surface area contributed by atoms with Crippen LogP contribution >= 0.6 is 0 Å². The number of aromatic nitrogens is 3. The maximum absolute atomic E-state index is 9.65. The van der Waals surface area contributed by atoms with Gasteiger partial charge in [0.25, 0.3) is 0 Å². The number of anilines is 2. The van der Waals surface area contributed by atoms with Crippen molar-refractivity contribution in [2.45, 2.75) is 34.2 Å². The van der Waals surface area contributed by atoms with Gasteiger partial charge in [0.2, 0.25) is 0 Å². The van der Waals surface area contributed by atoms with E-state index >= 15 is 0 Å². The van der Waals surface area contributed by atoms with Crippen LogP contribution in [0.4, 0.5) is 11.4 Å². The first-order valence-corrected chi connectivity index (χ1v) is 10.9. The molecule has 0 bridgehead atoms. The lowest BCUT2D eigenvalue weighted by Crippen LogP contribution is -2.21. The first-order chi connectivity index (χ1) is 14.7. The van der Waals surface area contributed by atoms with E-state index in [2.05, 4.69) is 96.2 Å². The molecule has 1 aromatic heterocycles. The predicted molar refractivity (Wildman–Crippen MR) is 125 cm³/mol. The van der Waals surface area contributed by atoms with Crippen LogP contribution in [-0.2, 0) is 6.54 Å². The molecule has 0 saturated heterocycles. The molecule has 1 heterocycles. The van der Waals surface area contributed by atoms with Crippen LogP contribution in [0.25, 0.3) is 22.8 Å². The number of hydrogen-bond donors (Lipinski definition) is 1. The Morgan fingerprint density at radius 2 is 1.03 bits per heavy atom. The van der Waals surface area contributed by atoms with E-state index in [1.165, 1.54) is 11.4 Å². The summed E-state index contributed by atoms with van der Waals surface area (Å²) in [5.41, 5.74) is 4.39. The Bertz CT molecular complexity index is 837. The average molecular weight is 408 g/mol. The Labute approximate surface area is 179 Å². The molecular weight excluding hydrogens is 374 g/mol. The fourth-order valence-corrected chi connectivity index (χ4v) is 3.86. The molecule has 0 unspecified atom stereocenters. The minimum Gasteiger partial charge on any atom is -0.395 e. The van der Waals surface area contributed by atoms with E-state index in [0.29, 0.717) is 6.54 Å². The quantitative estimate of drug-likeness (QED) is 0.543. The second kappa shape index (κ2) is 10.3. The third-order valence-corrected chi connectivity index (χ3v) is 5.58. The number of benzene rings is 2. The topological polar surface area (TPSA) is 57.4 Å². The van der Waals surface area contributed by atoms with Crippen LogP contribution in [0.2, 0.25) is 0 Å². The van der Waals surface area contributed by atoms with Gasteiger partial charge in [-0.1, -0.05) is 0 Å². The van der Waals surface area contributed by atoms with Crippen LogP contribution in [0.1, 0.15) is 27.7 Å². The van der Waals surface area contributed by atoms with Crippen molar-refractivity contribution in [2.75, 3.05) is 42.6 Å². The first-order valence-electron chi connectivity index (χ1n) is 10.9. The molecule has 6 heteroatoms. The van der Waals surface area contributed by atoms with Crippen molar-refractivity contribution in [3.63, 3.8) is 0 Å². The normalized spacial score (nSPS) is 11.0. The fraction of sp³-hybridized carbons (Fsp3) is 0.417. The zero-order valence-corrected chi connectivity index (χ0v) is 18.5. The van der Waals surface area contributed by atoms with Gasteiger partial charge in [0.05, 0.1) is 6.61 Å². The molecule has 0 aliphatic rings. The summed E-state index contributed by atoms with van der Waals surface area (Å²) in [7, 11) is 0. The highest BCUT2D eigenvalue weighted by Crippen LogP contribution is 2.28. The molecule has 0 saturated carbocycles. The van der Waals surface area contributed by atoms with Gasteiger partial charge < -0.3 is 19.5 Å². The van der Waals surface area contributed by atoms with Crippen LogP contribution in [-0.4, -0.2) is 52.7 Å². The zero-order chi connectivity index (χ0) is 21.5. The third-order valence-electron chi connectivity index (χ3n) is 5.58. The molecular formula is C24H33N5O. The molecule has 1 N–H and O–H groups in total. The van der Waals surface area contributed by atoms with Gasteiger partial charge in [0, 0.05) is 55.2 Å². The van der Waals surface area contributed by atoms with E-state index in [0.717, 1.165) is 49.0 Å². The Morgan fingerprint density at radius 3 is 1.33 bits per heavy atom. The van der Waals surface area contributed by atoms with E-state index in [1.807, 2.05) is 4.57 Å². The number of rotatable bonds is 10. The van der Waals surface area contributed by atoms with E-state index in [9.17, 15) is 5.11 Å².